The maximum Gasteiger partial charge on any atom is 0.310 e. The van der Waals surface area contributed by atoms with Crippen molar-refractivity contribution in [3.63, 3.8) is 0 Å². The number of nitrogens with one attached hydrogen (secondary N) is 1. The van der Waals surface area contributed by atoms with Gasteiger partial charge in [-0.1, -0.05) is 0 Å². The van der Waals surface area contributed by atoms with E-state index < -0.39 is 0 Å². The lowest BCUT2D eigenvalue weighted by Crippen LogP contribution is -2.08. The minimum Gasteiger partial charge on any atom is -0.497 e. The molecule has 0 spiro atoms. The highest BCUT2D eigenvalue weighted by Crippen LogP contribution is 2.26. The van der Waals surface area contributed by atoms with Crippen molar-refractivity contribution in [1.82, 2.24) is 4.98 Å². The lowest BCUT2D eigenvalue weighted by molar-refractivity contribution is -0.144. The predicted octanol–water partition coefficient (Wildman–Crippen LogP) is 4.94. The van der Waals surface area contributed by atoms with Crippen molar-refractivity contribution in [1.29, 1.82) is 0 Å². The average molecular weight is 424 g/mol. The molecule has 0 amide bonds. The Balaban J connectivity index is 1.32. The zero-order chi connectivity index (χ0) is 20.9. The van der Waals surface area contributed by atoms with Gasteiger partial charge in [-0.15, -0.1) is 11.3 Å². The third-order valence-corrected chi connectivity index (χ3v) is 5.28. The van der Waals surface area contributed by atoms with Gasteiger partial charge in [-0.2, -0.15) is 0 Å². The van der Waals surface area contributed by atoms with Gasteiger partial charge in [-0.3, -0.25) is 4.79 Å². The van der Waals surface area contributed by atoms with Crippen molar-refractivity contribution < 1.29 is 23.4 Å². The minimum absolute atomic E-state index is 0.114. The summed E-state index contributed by atoms with van der Waals surface area (Å²) >= 11 is 1.45. The smallest absolute Gasteiger partial charge is 0.310 e. The Morgan fingerprint density at radius 2 is 1.87 bits per heavy atom. The van der Waals surface area contributed by atoms with Crippen LogP contribution < -0.4 is 14.8 Å². The van der Waals surface area contributed by atoms with E-state index in [0.717, 1.165) is 27.5 Å². The van der Waals surface area contributed by atoms with Crippen LogP contribution in [-0.4, -0.2) is 25.2 Å². The molecule has 30 heavy (non-hydrogen) atoms. The van der Waals surface area contributed by atoms with Crippen molar-refractivity contribution >= 4 is 39.1 Å². The van der Waals surface area contributed by atoms with Gasteiger partial charge in [0.1, 0.15) is 23.7 Å². The lowest BCUT2D eigenvalue weighted by Gasteiger charge is -2.04. The van der Waals surface area contributed by atoms with Gasteiger partial charge in [0.15, 0.2) is 5.13 Å². The molecule has 0 fully saturated rings. The van der Waals surface area contributed by atoms with Gasteiger partial charge in [0.2, 0.25) is 0 Å². The maximum atomic E-state index is 12.3. The monoisotopic (exact) mass is 424 g/mol. The Kier molecular flexibility index (Phi) is 5.85. The molecule has 7 nitrogen and oxygen atoms in total. The molecule has 2 aromatic carbocycles. The van der Waals surface area contributed by atoms with Gasteiger partial charge in [0, 0.05) is 28.1 Å². The maximum absolute atomic E-state index is 12.3. The Hall–Kier alpha value is -3.52. The summed E-state index contributed by atoms with van der Waals surface area (Å²) in [5.74, 6) is 1.15. The second-order valence-electron chi connectivity index (χ2n) is 6.46. The molecule has 8 heteroatoms. The average Bonchev–Trinajstić information content (AvgIpc) is 3.39. The second kappa shape index (κ2) is 8.87. The van der Waals surface area contributed by atoms with Crippen LogP contribution in [0.5, 0.6) is 11.5 Å². The van der Waals surface area contributed by atoms with Crippen molar-refractivity contribution in [3.8, 4) is 11.5 Å². The Morgan fingerprint density at radius 1 is 1.10 bits per heavy atom. The zero-order valence-corrected chi connectivity index (χ0v) is 17.3. The molecule has 4 aromatic rings. The summed E-state index contributed by atoms with van der Waals surface area (Å²) in [5.41, 5.74) is 3.03. The Labute approximate surface area is 177 Å². The fourth-order valence-electron chi connectivity index (χ4n) is 2.92. The van der Waals surface area contributed by atoms with Crippen molar-refractivity contribution in [3.05, 3.63) is 65.4 Å². The lowest BCUT2D eigenvalue weighted by atomic mass is 10.1. The molecule has 0 saturated heterocycles. The predicted molar refractivity (Wildman–Crippen MR) is 115 cm³/mol. The second-order valence-corrected chi connectivity index (χ2v) is 7.32. The molecule has 2 heterocycles. The summed E-state index contributed by atoms with van der Waals surface area (Å²) in [6, 6.07) is 13.0. The largest absolute Gasteiger partial charge is 0.497 e. The van der Waals surface area contributed by atoms with Crippen LogP contribution in [0.1, 0.15) is 11.3 Å². The van der Waals surface area contributed by atoms with E-state index in [9.17, 15) is 4.79 Å². The number of benzene rings is 2. The molecular formula is C22H20N2O5S. The normalized spacial score (nSPS) is 10.7. The van der Waals surface area contributed by atoms with E-state index in [1.807, 2.05) is 41.8 Å². The molecule has 0 bridgehead atoms. The number of hydrogen-bond acceptors (Lipinski definition) is 8. The molecule has 4 rings (SSSR count). The molecule has 0 atom stereocenters. The number of aromatic nitrogens is 1. The molecule has 0 aliphatic heterocycles. The SMILES string of the molecule is COc1ccc(Nc2nc(COC(=O)Cc3coc4cc(OC)ccc34)cs2)cc1. The number of thiazole rings is 1. The molecule has 0 unspecified atom stereocenters. The van der Waals surface area contributed by atoms with Crippen LogP contribution in [-0.2, 0) is 22.6 Å². The van der Waals surface area contributed by atoms with Crippen molar-refractivity contribution in [2.45, 2.75) is 13.0 Å². The van der Waals surface area contributed by atoms with Gasteiger partial charge in [0.05, 0.1) is 32.6 Å². The molecule has 0 aliphatic carbocycles. The van der Waals surface area contributed by atoms with Crippen LogP contribution in [0.15, 0.2) is 58.5 Å². The van der Waals surface area contributed by atoms with Crippen LogP contribution in [0.2, 0.25) is 0 Å². The topological polar surface area (TPSA) is 82.8 Å². The summed E-state index contributed by atoms with van der Waals surface area (Å²) in [6.07, 6.45) is 1.70. The molecular weight excluding hydrogens is 404 g/mol. The van der Waals surface area contributed by atoms with Crippen molar-refractivity contribution in [2.75, 3.05) is 19.5 Å². The highest BCUT2D eigenvalue weighted by Gasteiger charge is 2.13. The van der Waals surface area contributed by atoms with E-state index >= 15 is 0 Å². The number of hydrogen-bond donors (Lipinski definition) is 1. The van der Waals surface area contributed by atoms with E-state index in [1.165, 1.54) is 11.3 Å². The molecule has 154 valence electrons. The fourth-order valence-corrected chi connectivity index (χ4v) is 3.63. The first-order chi connectivity index (χ1) is 14.6. The van der Waals surface area contributed by atoms with Gasteiger partial charge in [-0.25, -0.2) is 4.98 Å². The quantitative estimate of drug-likeness (QED) is 0.401. The third-order valence-electron chi connectivity index (χ3n) is 4.47. The molecule has 0 radical (unpaired) electrons. The summed E-state index contributed by atoms with van der Waals surface area (Å²) in [7, 11) is 3.22. The number of fused-ring (bicyclic) bond motifs is 1. The first kappa shape index (κ1) is 19.8. The summed E-state index contributed by atoms with van der Waals surface area (Å²) in [5, 5.41) is 6.67. The minimum atomic E-state index is -0.341. The highest BCUT2D eigenvalue weighted by molar-refractivity contribution is 7.13. The van der Waals surface area contributed by atoms with E-state index in [0.29, 0.717) is 17.0 Å². The third kappa shape index (κ3) is 4.55. The van der Waals surface area contributed by atoms with Gasteiger partial charge >= 0.3 is 5.97 Å². The van der Waals surface area contributed by atoms with E-state index in [2.05, 4.69) is 10.3 Å². The van der Waals surface area contributed by atoms with Crippen LogP contribution in [0, 0.1) is 0 Å². The van der Waals surface area contributed by atoms with Crippen LogP contribution in [0.3, 0.4) is 0 Å². The number of carbonyl (C=O) groups excluding carboxylic acids is 1. The van der Waals surface area contributed by atoms with Crippen molar-refractivity contribution in [2.24, 2.45) is 0 Å². The Bertz CT molecular complexity index is 1150. The number of furan rings is 1. The molecule has 0 aliphatic rings. The molecule has 1 N–H and O–H groups in total. The fraction of sp³-hybridized carbons (Fsp3) is 0.182. The van der Waals surface area contributed by atoms with E-state index in [-0.39, 0.29) is 19.0 Å². The number of methoxy groups -OCH3 is 2. The zero-order valence-electron chi connectivity index (χ0n) is 16.5. The number of nitrogens with zero attached hydrogens (tertiary/aromatic N) is 1. The van der Waals surface area contributed by atoms with E-state index in [1.54, 1.807) is 26.5 Å². The van der Waals surface area contributed by atoms with Gasteiger partial charge < -0.3 is 23.9 Å². The van der Waals surface area contributed by atoms with E-state index in [4.69, 9.17) is 18.6 Å². The first-order valence-electron chi connectivity index (χ1n) is 9.20. The van der Waals surface area contributed by atoms with Crippen LogP contribution in [0.25, 0.3) is 11.0 Å². The number of anilines is 2. The number of esters is 1. The number of ether oxygens (including phenoxy) is 3. The van der Waals surface area contributed by atoms with Gasteiger partial charge in [-0.05, 0) is 36.4 Å². The first-order valence-corrected chi connectivity index (χ1v) is 10.1. The number of rotatable bonds is 8. The van der Waals surface area contributed by atoms with Gasteiger partial charge in [0.25, 0.3) is 0 Å². The summed E-state index contributed by atoms with van der Waals surface area (Å²) in [6.45, 7) is 0.114. The highest BCUT2D eigenvalue weighted by atomic mass is 32.1. The number of carbonyl (C=O) groups is 1. The molecule has 0 saturated carbocycles. The summed E-state index contributed by atoms with van der Waals surface area (Å²) in [4.78, 5) is 16.7. The Morgan fingerprint density at radius 3 is 2.63 bits per heavy atom. The standard InChI is InChI=1S/C22H20N2O5S/c1-26-17-5-3-15(4-6-17)23-22-24-16(13-30-22)12-29-21(25)9-14-11-28-20-10-18(27-2)7-8-19(14)20/h3-8,10-11,13H,9,12H2,1-2H3,(H,23,24). The summed E-state index contributed by atoms with van der Waals surface area (Å²) < 4.78 is 21.2. The van der Waals surface area contributed by atoms with Crippen LogP contribution >= 0.6 is 11.3 Å². The molecule has 2 aromatic heterocycles. The van der Waals surface area contributed by atoms with Crippen LogP contribution in [0.4, 0.5) is 10.8 Å².